The fourth-order valence-corrected chi connectivity index (χ4v) is 1.71. The summed E-state index contributed by atoms with van der Waals surface area (Å²) in [4.78, 5) is 4.25. The van der Waals surface area contributed by atoms with Crippen LogP contribution in [0.2, 0.25) is 5.02 Å². The number of aromatic nitrogens is 1. The van der Waals surface area contributed by atoms with Crippen molar-refractivity contribution in [3.05, 3.63) is 40.7 Å². The number of hydrogen-bond donors (Lipinski definition) is 1. The van der Waals surface area contributed by atoms with Gasteiger partial charge in [-0.25, -0.2) is 0 Å². The lowest BCUT2D eigenvalue weighted by Crippen LogP contribution is -2.13. The average Bonchev–Trinajstić information content (AvgIpc) is 2.82. The van der Waals surface area contributed by atoms with Gasteiger partial charge in [0.15, 0.2) is 0 Å². The van der Waals surface area contributed by atoms with E-state index in [0.717, 1.165) is 24.2 Å². The van der Waals surface area contributed by atoms with E-state index in [1.807, 2.05) is 13.0 Å². The first-order valence-electron chi connectivity index (χ1n) is 6.28. The van der Waals surface area contributed by atoms with Gasteiger partial charge in [0.05, 0.1) is 5.69 Å². The van der Waals surface area contributed by atoms with Crippen molar-refractivity contribution >= 4 is 11.6 Å². The van der Waals surface area contributed by atoms with Gasteiger partial charge in [0, 0.05) is 11.6 Å². The molecule has 0 bridgehead atoms. The van der Waals surface area contributed by atoms with Crippen LogP contribution < -0.4 is 10.1 Å². The molecule has 0 atom stereocenters. The molecule has 1 aromatic carbocycles. The van der Waals surface area contributed by atoms with E-state index in [-0.39, 0.29) is 6.08 Å². The second-order valence-corrected chi connectivity index (χ2v) is 4.70. The smallest absolute Gasteiger partial charge is 0.399 e. The number of hydrogen-bond acceptors (Lipinski definition) is 4. The fourth-order valence-electron chi connectivity index (χ4n) is 1.59. The van der Waals surface area contributed by atoms with E-state index in [2.05, 4.69) is 17.2 Å². The summed E-state index contributed by atoms with van der Waals surface area (Å²) in [7, 11) is 0. The summed E-state index contributed by atoms with van der Waals surface area (Å²) in [5.74, 6) is 0.664. The third-order valence-electron chi connectivity index (χ3n) is 2.60. The van der Waals surface area contributed by atoms with Crippen molar-refractivity contribution < 1.29 is 9.15 Å². The van der Waals surface area contributed by atoms with Crippen LogP contribution >= 0.6 is 11.6 Å². The molecule has 0 aliphatic heterocycles. The Kier molecular flexibility index (Phi) is 4.82. The van der Waals surface area contributed by atoms with Gasteiger partial charge < -0.3 is 14.5 Å². The third kappa shape index (κ3) is 3.98. The molecule has 0 saturated carbocycles. The minimum Gasteiger partial charge on any atom is -0.417 e. The lowest BCUT2D eigenvalue weighted by molar-refractivity contribution is 0.330. The molecule has 1 N–H and O–H groups in total. The van der Waals surface area contributed by atoms with Gasteiger partial charge in [-0.05, 0) is 43.7 Å². The van der Waals surface area contributed by atoms with Crippen LogP contribution in [0.25, 0.3) is 0 Å². The highest BCUT2D eigenvalue weighted by molar-refractivity contribution is 6.31. The van der Waals surface area contributed by atoms with Gasteiger partial charge >= 0.3 is 6.08 Å². The molecular weight excluding hydrogens is 264 g/mol. The van der Waals surface area contributed by atoms with Crippen molar-refractivity contribution in [1.29, 1.82) is 0 Å². The monoisotopic (exact) mass is 280 g/mol. The molecule has 0 unspecified atom stereocenters. The quantitative estimate of drug-likeness (QED) is 0.815. The van der Waals surface area contributed by atoms with Gasteiger partial charge in [-0.3, -0.25) is 0 Å². The van der Waals surface area contributed by atoms with E-state index < -0.39 is 0 Å². The van der Waals surface area contributed by atoms with Gasteiger partial charge in [0.25, 0.3) is 0 Å². The first kappa shape index (κ1) is 13.9. The number of nitrogens with zero attached hydrogens (tertiary/aromatic N) is 1. The van der Waals surface area contributed by atoms with Crippen molar-refractivity contribution in [1.82, 2.24) is 10.3 Å². The van der Waals surface area contributed by atoms with E-state index >= 15 is 0 Å². The predicted molar refractivity (Wildman–Crippen MR) is 74.8 cm³/mol. The Bertz CT molecular complexity index is 540. The number of rotatable bonds is 6. The van der Waals surface area contributed by atoms with Crippen molar-refractivity contribution in [2.75, 3.05) is 6.54 Å². The molecular formula is C14H17ClN2O2. The molecule has 0 amide bonds. The number of ether oxygens (including phenoxy) is 1. The number of aryl methyl sites for hydroxylation is 1. The molecule has 0 fully saturated rings. The number of oxazole rings is 1. The summed E-state index contributed by atoms with van der Waals surface area (Å²) in [6.45, 7) is 5.68. The number of benzene rings is 1. The van der Waals surface area contributed by atoms with Crippen LogP contribution in [0.4, 0.5) is 0 Å². The minimum atomic E-state index is 0.245. The van der Waals surface area contributed by atoms with Crippen molar-refractivity contribution in [2.24, 2.45) is 0 Å². The first-order valence-corrected chi connectivity index (χ1v) is 6.66. The van der Waals surface area contributed by atoms with Crippen LogP contribution in [0.1, 0.15) is 24.6 Å². The second kappa shape index (κ2) is 6.59. The molecule has 19 heavy (non-hydrogen) atoms. The molecule has 0 aliphatic rings. The molecule has 2 aromatic rings. The molecule has 4 nitrogen and oxygen atoms in total. The highest BCUT2D eigenvalue weighted by atomic mass is 35.5. The van der Waals surface area contributed by atoms with Crippen molar-refractivity contribution in [3.63, 3.8) is 0 Å². The van der Waals surface area contributed by atoms with Crippen molar-refractivity contribution in [3.8, 4) is 11.8 Å². The maximum Gasteiger partial charge on any atom is 0.399 e. The lowest BCUT2D eigenvalue weighted by Gasteiger charge is -2.02. The maximum atomic E-state index is 5.96. The van der Waals surface area contributed by atoms with Crippen LogP contribution in [0.3, 0.4) is 0 Å². The second-order valence-electron chi connectivity index (χ2n) is 4.29. The van der Waals surface area contributed by atoms with Gasteiger partial charge in [-0.1, -0.05) is 18.5 Å². The molecule has 0 saturated heterocycles. The normalized spacial score (nSPS) is 10.7. The Labute approximate surface area is 117 Å². The molecule has 0 aliphatic carbocycles. The topological polar surface area (TPSA) is 47.3 Å². The Morgan fingerprint density at radius 1 is 1.42 bits per heavy atom. The first-order chi connectivity index (χ1) is 9.19. The summed E-state index contributed by atoms with van der Waals surface area (Å²) >= 11 is 5.96. The SMILES string of the molecule is CCCNCc1coc(Oc2ccc(Cl)c(C)c2)n1. The maximum absolute atomic E-state index is 5.96. The average molecular weight is 281 g/mol. The molecule has 5 heteroatoms. The Morgan fingerprint density at radius 2 is 2.26 bits per heavy atom. The van der Waals surface area contributed by atoms with Crippen LogP contribution in [-0.2, 0) is 6.54 Å². The van der Waals surface area contributed by atoms with Gasteiger partial charge in [-0.15, -0.1) is 0 Å². The van der Waals surface area contributed by atoms with Crippen LogP contribution in [0, 0.1) is 6.92 Å². The van der Waals surface area contributed by atoms with Crippen LogP contribution in [0.15, 0.2) is 28.9 Å². The zero-order valence-corrected chi connectivity index (χ0v) is 11.8. The van der Waals surface area contributed by atoms with Crippen LogP contribution in [0.5, 0.6) is 11.8 Å². The number of halogens is 1. The van der Waals surface area contributed by atoms with E-state index in [1.54, 1.807) is 18.4 Å². The molecule has 0 radical (unpaired) electrons. The Hall–Kier alpha value is -1.52. The Morgan fingerprint density at radius 3 is 3.00 bits per heavy atom. The predicted octanol–water partition coefficient (Wildman–Crippen LogP) is 3.93. The number of nitrogens with one attached hydrogen (secondary N) is 1. The van der Waals surface area contributed by atoms with E-state index in [9.17, 15) is 0 Å². The fraction of sp³-hybridized carbons (Fsp3) is 0.357. The summed E-state index contributed by atoms with van der Waals surface area (Å²) in [5, 5.41) is 3.96. The molecule has 1 heterocycles. The third-order valence-corrected chi connectivity index (χ3v) is 3.02. The van der Waals surface area contributed by atoms with Crippen LogP contribution in [-0.4, -0.2) is 11.5 Å². The summed E-state index contributed by atoms with van der Waals surface area (Å²) in [6.07, 6.45) is 2.93. The summed E-state index contributed by atoms with van der Waals surface area (Å²) in [6, 6.07) is 5.43. The molecule has 2 rings (SSSR count). The molecule has 0 spiro atoms. The summed E-state index contributed by atoms with van der Waals surface area (Å²) < 4.78 is 10.8. The van der Waals surface area contributed by atoms with E-state index in [1.165, 1.54) is 0 Å². The minimum absolute atomic E-state index is 0.245. The zero-order chi connectivity index (χ0) is 13.7. The van der Waals surface area contributed by atoms with Gasteiger partial charge in [0.1, 0.15) is 12.0 Å². The van der Waals surface area contributed by atoms with Gasteiger partial charge in [-0.2, -0.15) is 4.98 Å². The van der Waals surface area contributed by atoms with Gasteiger partial charge in [0.2, 0.25) is 0 Å². The largest absolute Gasteiger partial charge is 0.417 e. The molecule has 1 aromatic heterocycles. The van der Waals surface area contributed by atoms with E-state index in [0.29, 0.717) is 17.3 Å². The van der Waals surface area contributed by atoms with Crippen molar-refractivity contribution in [2.45, 2.75) is 26.8 Å². The zero-order valence-electron chi connectivity index (χ0n) is 11.1. The highest BCUT2D eigenvalue weighted by Crippen LogP contribution is 2.25. The lowest BCUT2D eigenvalue weighted by atomic mass is 10.2. The Balaban J connectivity index is 1.97. The standard InChI is InChI=1S/C14H17ClN2O2/c1-3-6-16-8-11-9-18-14(17-11)19-12-4-5-13(15)10(2)7-12/h4-5,7,9,16H,3,6,8H2,1-2H3. The molecule has 102 valence electrons. The summed E-state index contributed by atoms with van der Waals surface area (Å²) in [5.41, 5.74) is 1.78. The highest BCUT2D eigenvalue weighted by Gasteiger charge is 2.07. The van der Waals surface area contributed by atoms with E-state index in [4.69, 9.17) is 20.8 Å².